The van der Waals surface area contributed by atoms with Gasteiger partial charge in [-0.2, -0.15) is 26.2 Å². The Morgan fingerprint density at radius 1 is 0.893 bits per heavy atom. The maximum atomic E-state index is 15.7. The predicted octanol–water partition coefficient (Wildman–Crippen LogP) is 0.639. The molecule has 3 fully saturated rings. The minimum absolute atomic E-state index is 0.0677. The number of nitrogens with two attached hydrogens (primary N) is 1. The van der Waals surface area contributed by atoms with Crippen molar-refractivity contribution in [3.8, 4) is 0 Å². The number of rotatable bonds is 19. The van der Waals surface area contributed by atoms with Crippen molar-refractivity contribution in [1.82, 2.24) is 34.9 Å². The van der Waals surface area contributed by atoms with E-state index in [-0.39, 0.29) is 69.7 Å². The number of nitrogens with one attached hydrogen (secondary N) is 4. The van der Waals surface area contributed by atoms with Gasteiger partial charge in [0.15, 0.2) is 5.13 Å². The van der Waals surface area contributed by atoms with Crippen molar-refractivity contribution >= 4 is 50.2 Å². The number of alkyl halides is 2. The van der Waals surface area contributed by atoms with Crippen LogP contribution in [0.25, 0.3) is 0 Å². The monoisotopic (exact) mass is 826 g/mol. The molecule has 5 rings (SSSR count). The highest BCUT2D eigenvalue weighted by Crippen LogP contribution is 2.30. The lowest BCUT2D eigenvalue weighted by Gasteiger charge is -2.31. The van der Waals surface area contributed by atoms with Crippen molar-refractivity contribution in [2.75, 3.05) is 71.4 Å². The first-order chi connectivity index (χ1) is 26.8. The summed E-state index contributed by atoms with van der Waals surface area (Å²) >= 11 is 1.08. The summed E-state index contributed by atoms with van der Waals surface area (Å²) in [5, 5.41) is 8.96. The van der Waals surface area contributed by atoms with E-state index in [4.69, 9.17) is 15.2 Å². The summed E-state index contributed by atoms with van der Waals surface area (Å²) in [7, 11) is -4.20. The molecular formula is C36H52F2N8O8S2. The van der Waals surface area contributed by atoms with E-state index in [1.165, 1.54) is 0 Å². The minimum atomic E-state index is -4.47. The van der Waals surface area contributed by atoms with Crippen molar-refractivity contribution in [3.63, 3.8) is 0 Å². The van der Waals surface area contributed by atoms with Crippen molar-refractivity contribution in [3.05, 3.63) is 47.0 Å². The molecule has 2 aromatic rings. The van der Waals surface area contributed by atoms with E-state index in [0.717, 1.165) is 34.9 Å². The summed E-state index contributed by atoms with van der Waals surface area (Å²) in [5.74, 6) is -10.0. The second kappa shape index (κ2) is 20.7. The van der Waals surface area contributed by atoms with E-state index >= 15 is 8.78 Å². The van der Waals surface area contributed by atoms with Crippen molar-refractivity contribution in [2.24, 2.45) is 5.92 Å². The van der Waals surface area contributed by atoms with Gasteiger partial charge in [-0.05, 0) is 24.3 Å². The molecule has 1 aromatic carbocycles. The van der Waals surface area contributed by atoms with Crippen LogP contribution in [0.2, 0.25) is 0 Å². The number of nitrogen functional groups attached to an aromatic ring is 1. The molecule has 0 radical (unpaired) electrons. The molecule has 1 saturated carbocycles. The Bertz CT molecular complexity index is 1720. The van der Waals surface area contributed by atoms with E-state index in [0.29, 0.717) is 50.4 Å². The maximum absolute atomic E-state index is 15.7. The Kier molecular flexibility index (Phi) is 16.0. The molecule has 0 bridgehead atoms. The molecule has 0 spiro atoms. The molecule has 3 aliphatic rings. The van der Waals surface area contributed by atoms with Crippen LogP contribution in [0.4, 0.5) is 13.9 Å². The number of carbonyl (C=O) groups excluding carboxylic acids is 4. The number of benzene rings is 1. The summed E-state index contributed by atoms with van der Waals surface area (Å²) in [6.45, 7) is 2.79. The predicted molar refractivity (Wildman–Crippen MR) is 204 cm³/mol. The molecule has 56 heavy (non-hydrogen) atoms. The quantitative estimate of drug-likeness (QED) is 0.124. The van der Waals surface area contributed by atoms with E-state index in [2.05, 4.69) is 25.7 Å². The van der Waals surface area contributed by atoms with Gasteiger partial charge in [-0.25, -0.2) is 4.98 Å². The minimum Gasteiger partial charge on any atom is -0.379 e. The largest absolute Gasteiger partial charge is 0.383 e. The van der Waals surface area contributed by atoms with Gasteiger partial charge in [0.2, 0.25) is 17.6 Å². The Hall–Kier alpha value is -3.66. The Labute approximate surface area is 329 Å². The van der Waals surface area contributed by atoms with E-state index in [1.54, 1.807) is 35.7 Å². The molecule has 0 unspecified atom stereocenters. The zero-order valence-electron chi connectivity index (χ0n) is 31.3. The van der Waals surface area contributed by atoms with Gasteiger partial charge in [-0.15, -0.1) is 11.3 Å². The smallest absolute Gasteiger partial charge is 0.379 e. The van der Waals surface area contributed by atoms with Crippen LogP contribution in [0.15, 0.2) is 35.7 Å². The SMILES string of the molecule is Nc1nc(C[C@H](NC(=O)[C@H](Cc2ccccc2)NS(=O)(=O)N2CCOCC2)C(=O)N[C@@H](CC2CCCCC2)C(=O)C(F)(F)C(=O)NCCN2CCOCC2)cs1. The number of ether oxygens (including phenoxy) is 2. The molecule has 3 atom stereocenters. The molecular weight excluding hydrogens is 775 g/mol. The van der Waals surface area contributed by atoms with Crippen LogP contribution in [0.1, 0.15) is 49.8 Å². The third kappa shape index (κ3) is 12.7. The molecule has 1 aromatic heterocycles. The average Bonchev–Trinajstić information content (AvgIpc) is 3.62. The molecule has 2 saturated heterocycles. The van der Waals surface area contributed by atoms with Crippen LogP contribution in [0, 0.1) is 5.92 Å². The molecule has 2 aliphatic heterocycles. The average molecular weight is 827 g/mol. The zero-order chi connectivity index (χ0) is 40.1. The highest BCUT2D eigenvalue weighted by Gasteiger charge is 2.51. The van der Waals surface area contributed by atoms with Crippen LogP contribution in [-0.2, 0) is 51.7 Å². The third-order valence-corrected chi connectivity index (χ3v) is 12.5. The molecule has 3 heterocycles. The van der Waals surface area contributed by atoms with E-state index in [9.17, 15) is 27.6 Å². The fourth-order valence-corrected chi connectivity index (χ4v) is 8.94. The Morgan fingerprint density at radius 2 is 1.52 bits per heavy atom. The van der Waals surface area contributed by atoms with Crippen molar-refractivity contribution < 1.29 is 45.9 Å². The van der Waals surface area contributed by atoms with Gasteiger partial charge in [0.1, 0.15) is 12.1 Å². The van der Waals surface area contributed by atoms with Crippen molar-refractivity contribution in [2.45, 2.75) is 75.4 Å². The first-order valence-corrected chi connectivity index (χ1v) is 21.3. The van der Waals surface area contributed by atoms with Crippen LogP contribution in [0.3, 0.4) is 0 Å². The van der Waals surface area contributed by atoms with Gasteiger partial charge in [-0.1, -0.05) is 62.4 Å². The molecule has 310 valence electrons. The fourth-order valence-electron chi connectivity index (χ4n) is 7.04. The molecule has 3 amide bonds. The summed E-state index contributed by atoms with van der Waals surface area (Å²) < 4.78 is 72.5. The van der Waals surface area contributed by atoms with Crippen LogP contribution < -0.4 is 26.4 Å². The first-order valence-electron chi connectivity index (χ1n) is 19.0. The molecule has 1 aliphatic carbocycles. The summed E-state index contributed by atoms with van der Waals surface area (Å²) in [6, 6.07) is 3.96. The summed E-state index contributed by atoms with van der Waals surface area (Å²) in [6.07, 6.45) is 3.41. The Morgan fingerprint density at radius 3 is 2.16 bits per heavy atom. The Balaban J connectivity index is 1.36. The number of anilines is 1. The van der Waals surface area contributed by atoms with Crippen molar-refractivity contribution in [1.29, 1.82) is 0 Å². The van der Waals surface area contributed by atoms with Crippen LogP contribution in [0.5, 0.6) is 0 Å². The van der Waals surface area contributed by atoms with E-state index < -0.39 is 57.8 Å². The number of carbonyl (C=O) groups is 4. The maximum Gasteiger partial charge on any atom is 0.383 e. The molecule has 20 heteroatoms. The second-order valence-corrected chi connectivity index (χ2v) is 16.9. The summed E-state index contributed by atoms with van der Waals surface area (Å²) in [4.78, 5) is 60.8. The normalized spacial score (nSPS) is 19.4. The van der Waals surface area contributed by atoms with Gasteiger partial charge >= 0.3 is 5.92 Å². The number of hydrogen-bond donors (Lipinski definition) is 5. The number of thiazole rings is 1. The molecule has 6 N–H and O–H groups in total. The van der Waals surface area contributed by atoms with Gasteiger partial charge in [0, 0.05) is 51.1 Å². The highest BCUT2D eigenvalue weighted by molar-refractivity contribution is 7.87. The number of morpholine rings is 2. The van der Waals surface area contributed by atoms with Crippen LogP contribution in [-0.4, -0.2) is 136 Å². The number of halogens is 2. The second-order valence-electron chi connectivity index (χ2n) is 14.3. The standard InChI is InChI=1S/C36H52F2N8O8S2/c37-36(38,34(50)40-11-12-45-13-17-53-18-14-45)31(47)28(21-25-7-3-1-4-8-25)42-32(48)29(23-27-24-55-35(39)41-27)43-33(49)30(22-26-9-5-2-6-10-26)44-56(51,52)46-15-19-54-20-16-46/h2,5-6,9-10,24-25,28-30,44H,1,3-4,7-8,11-23H2,(H2,39,41)(H,40,50)(H,42,48)(H,43,49)/t28-,29-,30-/m0/s1. The molecule has 16 nitrogen and oxygen atoms in total. The fraction of sp³-hybridized carbons (Fsp3) is 0.639. The number of hydrogen-bond acceptors (Lipinski definition) is 12. The topological polar surface area (TPSA) is 214 Å². The first kappa shape index (κ1) is 43.5. The highest BCUT2D eigenvalue weighted by atomic mass is 32.2. The lowest BCUT2D eigenvalue weighted by Crippen LogP contribution is -2.60. The zero-order valence-corrected chi connectivity index (χ0v) is 32.9. The number of ketones is 1. The third-order valence-electron chi connectivity index (χ3n) is 10.2. The van der Waals surface area contributed by atoms with Crippen LogP contribution >= 0.6 is 11.3 Å². The van der Waals surface area contributed by atoms with Gasteiger partial charge in [-0.3, -0.25) is 24.1 Å². The summed E-state index contributed by atoms with van der Waals surface area (Å²) in [5.41, 5.74) is 6.75. The lowest BCUT2D eigenvalue weighted by atomic mass is 9.83. The number of amides is 3. The number of nitrogens with zero attached hydrogens (tertiary/aromatic N) is 3. The number of Topliss-reactive ketones (excluding diaryl/α,β-unsaturated/α-hetero) is 1. The lowest BCUT2D eigenvalue weighted by molar-refractivity contribution is -0.160. The van der Waals surface area contributed by atoms with Gasteiger partial charge in [0.05, 0.1) is 38.2 Å². The van der Waals surface area contributed by atoms with E-state index in [1.807, 2.05) is 4.90 Å². The number of aromatic nitrogens is 1. The van der Waals surface area contributed by atoms with Gasteiger partial charge in [0.25, 0.3) is 16.1 Å². The van der Waals surface area contributed by atoms with Gasteiger partial charge < -0.3 is 31.2 Å².